The number of hydrogen-bond donors (Lipinski definition) is 1. The molecule has 1 aromatic carbocycles. The fourth-order valence-electron chi connectivity index (χ4n) is 2.50. The molecule has 114 valence electrons. The Morgan fingerprint density at radius 2 is 1.95 bits per heavy atom. The van der Waals surface area contributed by atoms with Gasteiger partial charge in [0.2, 0.25) is 0 Å². The highest BCUT2D eigenvalue weighted by molar-refractivity contribution is 9.10. The van der Waals surface area contributed by atoms with E-state index in [2.05, 4.69) is 70.5 Å². The second-order valence-electron chi connectivity index (χ2n) is 5.38. The summed E-state index contributed by atoms with van der Waals surface area (Å²) in [6.45, 7) is 5.37. The number of aromatic nitrogens is 2. The molecule has 0 aliphatic rings. The minimum Gasteiger partial charge on any atom is -0.308 e. The maximum Gasteiger partial charge on any atom is 0.0625 e. The summed E-state index contributed by atoms with van der Waals surface area (Å²) in [5.41, 5.74) is 3.76. The minimum atomic E-state index is 0.309. The van der Waals surface area contributed by atoms with E-state index in [1.807, 2.05) is 11.7 Å². The Morgan fingerprint density at radius 1 is 1.24 bits per heavy atom. The number of nitrogens with one attached hydrogen (secondary N) is 1. The molecule has 1 N–H and O–H groups in total. The van der Waals surface area contributed by atoms with Crippen molar-refractivity contribution in [3.63, 3.8) is 0 Å². The Morgan fingerprint density at radius 3 is 2.52 bits per heavy atom. The van der Waals surface area contributed by atoms with Crippen LogP contribution in [0.4, 0.5) is 0 Å². The first-order valence-corrected chi connectivity index (χ1v) is 8.44. The molecule has 3 nitrogen and oxygen atoms in total. The molecule has 21 heavy (non-hydrogen) atoms. The highest BCUT2D eigenvalue weighted by Crippen LogP contribution is 2.21. The zero-order chi connectivity index (χ0) is 15.2. The lowest BCUT2D eigenvalue weighted by atomic mass is 10.0. The van der Waals surface area contributed by atoms with Crippen LogP contribution in [-0.4, -0.2) is 16.3 Å². The molecule has 4 heteroatoms. The van der Waals surface area contributed by atoms with E-state index in [-0.39, 0.29) is 0 Å². The lowest BCUT2D eigenvalue weighted by Crippen LogP contribution is -2.26. The highest BCUT2D eigenvalue weighted by atomic mass is 79.9. The van der Waals surface area contributed by atoms with Gasteiger partial charge >= 0.3 is 0 Å². The van der Waals surface area contributed by atoms with Crippen molar-refractivity contribution in [3.05, 3.63) is 51.8 Å². The van der Waals surface area contributed by atoms with E-state index < -0.39 is 0 Å². The molecular formula is C17H24BrN3. The van der Waals surface area contributed by atoms with Crippen molar-refractivity contribution in [1.82, 2.24) is 15.1 Å². The third-order valence-corrected chi connectivity index (χ3v) is 4.21. The van der Waals surface area contributed by atoms with E-state index >= 15 is 0 Å². The summed E-state index contributed by atoms with van der Waals surface area (Å²) in [5, 5.41) is 8.24. The van der Waals surface area contributed by atoms with Crippen molar-refractivity contribution in [3.8, 4) is 0 Å². The van der Waals surface area contributed by atoms with E-state index in [9.17, 15) is 0 Å². The smallest absolute Gasteiger partial charge is 0.0625 e. The van der Waals surface area contributed by atoms with Gasteiger partial charge in [0, 0.05) is 11.5 Å². The van der Waals surface area contributed by atoms with Crippen molar-refractivity contribution in [2.45, 2.75) is 39.2 Å². The molecule has 1 heterocycles. The van der Waals surface area contributed by atoms with Gasteiger partial charge in [-0.05, 0) is 49.6 Å². The first-order valence-electron chi connectivity index (χ1n) is 7.64. The van der Waals surface area contributed by atoms with Crippen LogP contribution >= 0.6 is 15.9 Å². The molecule has 0 fully saturated rings. The largest absolute Gasteiger partial charge is 0.308 e. The molecule has 0 saturated carbocycles. The summed E-state index contributed by atoms with van der Waals surface area (Å²) < 4.78 is 3.14. The third kappa shape index (κ3) is 4.42. The maximum absolute atomic E-state index is 4.58. The van der Waals surface area contributed by atoms with Crippen molar-refractivity contribution in [1.29, 1.82) is 0 Å². The Hall–Kier alpha value is -1.13. The topological polar surface area (TPSA) is 29.9 Å². The Labute approximate surface area is 135 Å². The standard InChI is InChI=1S/C17H24BrN3/c1-4-10-19-16(11-13-6-8-14(18)9-7-13)17-12-15(5-2)20-21(17)3/h6-9,12,16,19H,4-5,10-11H2,1-3H3. The molecule has 1 aromatic heterocycles. The van der Waals surface area contributed by atoms with Gasteiger partial charge in [-0.15, -0.1) is 0 Å². The molecule has 0 amide bonds. The quantitative estimate of drug-likeness (QED) is 0.817. The van der Waals surface area contributed by atoms with Crippen LogP contribution in [0.3, 0.4) is 0 Å². The molecule has 1 atom stereocenters. The molecule has 0 radical (unpaired) electrons. The molecule has 0 spiro atoms. The summed E-state index contributed by atoms with van der Waals surface area (Å²) in [6, 6.07) is 11.1. The average molecular weight is 350 g/mol. The van der Waals surface area contributed by atoms with E-state index in [1.165, 1.54) is 11.3 Å². The lowest BCUT2D eigenvalue weighted by molar-refractivity contribution is 0.493. The number of hydrogen-bond acceptors (Lipinski definition) is 2. The van der Waals surface area contributed by atoms with Gasteiger partial charge in [0.25, 0.3) is 0 Å². The Kier molecular flexibility index (Phi) is 6.00. The SMILES string of the molecule is CCCNC(Cc1ccc(Br)cc1)c1cc(CC)nn1C. The van der Waals surface area contributed by atoms with Crippen LogP contribution < -0.4 is 5.32 Å². The summed E-state index contributed by atoms with van der Waals surface area (Å²) >= 11 is 3.49. The second kappa shape index (κ2) is 7.76. The minimum absolute atomic E-state index is 0.309. The van der Waals surface area contributed by atoms with Gasteiger partial charge in [-0.1, -0.05) is 41.9 Å². The van der Waals surface area contributed by atoms with Crippen LogP contribution in [0.5, 0.6) is 0 Å². The highest BCUT2D eigenvalue weighted by Gasteiger charge is 2.16. The fraction of sp³-hybridized carbons (Fsp3) is 0.471. The van der Waals surface area contributed by atoms with Crippen LogP contribution in [0.25, 0.3) is 0 Å². The van der Waals surface area contributed by atoms with Gasteiger partial charge in [-0.2, -0.15) is 5.10 Å². The molecule has 0 bridgehead atoms. The van der Waals surface area contributed by atoms with E-state index in [0.717, 1.165) is 36.0 Å². The average Bonchev–Trinajstić information content (AvgIpc) is 2.86. The van der Waals surface area contributed by atoms with Crippen molar-refractivity contribution in [2.24, 2.45) is 7.05 Å². The molecular weight excluding hydrogens is 326 g/mol. The predicted molar refractivity (Wildman–Crippen MR) is 91.5 cm³/mol. The normalized spacial score (nSPS) is 12.6. The Balaban J connectivity index is 2.20. The molecule has 0 aliphatic carbocycles. The van der Waals surface area contributed by atoms with Gasteiger partial charge in [0.1, 0.15) is 0 Å². The van der Waals surface area contributed by atoms with Crippen LogP contribution in [0.2, 0.25) is 0 Å². The summed E-state index contributed by atoms with van der Waals surface area (Å²) in [7, 11) is 2.04. The first kappa shape index (κ1) is 16.2. The van der Waals surface area contributed by atoms with Crippen LogP contribution in [0.1, 0.15) is 43.3 Å². The van der Waals surface area contributed by atoms with Gasteiger partial charge in [-0.25, -0.2) is 0 Å². The van der Waals surface area contributed by atoms with Gasteiger partial charge in [-0.3, -0.25) is 4.68 Å². The maximum atomic E-state index is 4.58. The van der Waals surface area contributed by atoms with E-state index in [4.69, 9.17) is 0 Å². The zero-order valence-corrected chi connectivity index (χ0v) is 14.7. The van der Waals surface area contributed by atoms with Crippen LogP contribution in [-0.2, 0) is 19.9 Å². The second-order valence-corrected chi connectivity index (χ2v) is 6.29. The van der Waals surface area contributed by atoms with E-state index in [1.54, 1.807) is 0 Å². The van der Waals surface area contributed by atoms with Crippen molar-refractivity contribution >= 4 is 15.9 Å². The number of halogens is 1. The third-order valence-electron chi connectivity index (χ3n) is 3.68. The summed E-state index contributed by atoms with van der Waals surface area (Å²) in [5.74, 6) is 0. The number of rotatable bonds is 7. The fourth-order valence-corrected chi connectivity index (χ4v) is 2.76. The van der Waals surface area contributed by atoms with Crippen LogP contribution in [0, 0.1) is 0 Å². The first-order chi connectivity index (χ1) is 10.1. The van der Waals surface area contributed by atoms with Gasteiger partial charge < -0.3 is 5.32 Å². The molecule has 2 aromatic rings. The zero-order valence-electron chi connectivity index (χ0n) is 13.1. The molecule has 1 unspecified atom stereocenters. The van der Waals surface area contributed by atoms with Gasteiger partial charge in [0.05, 0.1) is 17.4 Å². The van der Waals surface area contributed by atoms with Gasteiger partial charge in [0.15, 0.2) is 0 Å². The predicted octanol–water partition coefficient (Wildman–Crippen LogP) is 4.03. The summed E-state index contributed by atoms with van der Waals surface area (Å²) in [6.07, 6.45) is 3.10. The molecule has 2 rings (SSSR count). The molecule has 0 aliphatic heterocycles. The Bertz CT molecular complexity index is 560. The lowest BCUT2D eigenvalue weighted by Gasteiger charge is -2.19. The monoisotopic (exact) mass is 349 g/mol. The number of aryl methyl sites for hydroxylation is 2. The van der Waals surface area contributed by atoms with Crippen molar-refractivity contribution in [2.75, 3.05) is 6.54 Å². The summed E-state index contributed by atoms with van der Waals surface area (Å²) in [4.78, 5) is 0. The van der Waals surface area contributed by atoms with Crippen molar-refractivity contribution < 1.29 is 0 Å². The van der Waals surface area contributed by atoms with E-state index in [0.29, 0.717) is 6.04 Å². The number of benzene rings is 1. The number of nitrogens with zero attached hydrogens (tertiary/aromatic N) is 2. The molecule has 0 saturated heterocycles. The van der Waals surface area contributed by atoms with Crippen LogP contribution in [0.15, 0.2) is 34.8 Å².